The van der Waals surface area contributed by atoms with Gasteiger partial charge in [0, 0.05) is 30.8 Å². The van der Waals surface area contributed by atoms with E-state index in [9.17, 15) is 4.79 Å². The number of ether oxygens (including phenoxy) is 1. The standard InChI is InChI=1S/C15H25N3O2S.2ClH/c1-11-10-21-13(18-11)4-2-3-7-17-15(19)14(16)12-5-8-20-9-6-12;;/h10,12,14H,2-9,16H2,1H3,(H,17,19);2*1H. The summed E-state index contributed by atoms with van der Waals surface area (Å²) in [6.45, 7) is 4.15. The molecule has 1 atom stereocenters. The number of aryl methyl sites for hydroxylation is 2. The zero-order chi connectivity index (χ0) is 15.1. The van der Waals surface area contributed by atoms with Gasteiger partial charge in [0.05, 0.1) is 11.0 Å². The predicted octanol–water partition coefficient (Wildman–Crippen LogP) is 2.49. The second-order valence-corrected chi connectivity index (χ2v) is 6.55. The van der Waals surface area contributed by atoms with Gasteiger partial charge in [-0.3, -0.25) is 4.79 Å². The maximum absolute atomic E-state index is 12.0. The lowest BCUT2D eigenvalue weighted by atomic mass is 9.92. The molecular weight excluding hydrogens is 357 g/mol. The van der Waals surface area contributed by atoms with E-state index in [4.69, 9.17) is 10.5 Å². The van der Waals surface area contributed by atoms with Crippen molar-refractivity contribution < 1.29 is 9.53 Å². The summed E-state index contributed by atoms with van der Waals surface area (Å²) in [5.41, 5.74) is 7.11. The molecule has 5 nitrogen and oxygen atoms in total. The first-order valence-corrected chi connectivity index (χ1v) is 8.57. The highest BCUT2D eigenvalue weighted by Crippen LogP contribution is 2.17. The molecule has 0 aromatic carbocycles. The van der Waals surface area contributed by atoms with Crippen molar-refractivity contribution in [3.63, 3.8) is 0 Å². The molecule has 1 aliphatic heterocycles. The zero-order valence-corrected chi connectivity index (χ0v) is 15.9. The Morgan fingerprint density at radius 2 is 2.13 bits per heavy atom. The van der Waals surface area contributed by atoms with Crippen molar-refractivity contribution >= 4 is 42.1 Å². The Morgan fingerprint density at radius 3 is 2.74 bits per heavy atom. The third-order valence-corrected chi connectivity index (χ3v) is 4.89. The van der Waals surface area contributed by atoms with Crippen LogP contribution in [0.1, 0.15) is 36.4 Å². The van der Waals surface area contributed by atoms with Crippen molar-refractivity contribution in [3.8, 4) is 0 Å². The van der Waals surface area contributed by atoms with Gasteiger partial charge in [-0.25, -0.2) is 4.98 Å². The number of hydrogen-bond acceptors (Lipinski definition) is 5. The van der Waals surface area contributed by atoms with E-state index in [0.717, 1.165) is 51.0 Å². The van der Waals surface area contributed by atoms with E-state index in [1.165, 1.54) is 5.01 Å². The summed E-state index contributed by atoms with van der Waals surface area (Å²) in [6.07, 6.45) is 4.76. The van der Waals surface area contributed by atoms with Crippen LogP contribution in [0.3, 0.4) is 0 Å². The number of amides is 1. The molecule has 2 heterocycles. The van der Waals surface area contributed by atoms with Gasteiger partial charge in [-0.05, 0) is 44.9 Å². The second kappa shape index (κ2) is 12.0. The fourth-order valence-electron chi connectivity index (χ4n) is 2.54. The molecule has 1 fully saturated rings. The maximum Gasteiger partial charge on any atom is 0.237 e. The smallest absolute Gasteiger partial charge is 0.237 e. The Bertz CT molecular complexity index is 454. The van der Waals surface area contributed by atoms with E-state index in [1.807, 2.05) is 6.92 Å². The summed E-state index contributed by atoms with van der Waals surface area (Å²) in [5.74, 6) is 0.240. The quantitative estimate of drug-likeness (QED) is 0.708. The molecule has 0 radical (unpaired) electrons. The number of carbonyl (C=O) groups excluding carboxylic acids is 1. The molecule has 134 valence electrons. The topological polar surface area (TPSA) is 77.2 Å². The Balaban J connectivity index is 0.00000242. The number of carbonyl (C=O) groups is 1. The van der Waals surface area contributed by atoms with Gasteiger partial charge in [0.15, 0.2) is 0 Å². The van der Waals surface area contributed by atoms with Crippen molar-refractivity contribution in [2.45, 2.75) is 45.1 Å². The summed E-state index contributed by atoms with van der Waals surface area (Å²) in [7, 11) is 0. The third kappa shape index (κ3) is 7.81. The lowest BCUT2D eigenvalue weighted by Crippen LogP contribution is -2.47. The van der Waals surface area contributed by atoms with Crippen molar-refractivity contribution in [3.05, 3.63) is 16.1 Å². The van der Waals surface area contributed by atoms with Crippen LogP contribution < -0.4 is 11.1 Å². The van der Waals surface area contributed by atoms with Gasteiger partial charge >= 0.3 is 0 Å². The molecule has 1 aromatic rings. The minimum atomic E-state index is -0.393. The zero-order valence-electron chi connectivity index (χ0n) is 13.5. The average molecular weight is 384 g/mol. The summed E-state index contributed by atoms with van der Waals surface area (Å²) in [4.78, 5) is 16.4. The largest absolute Gasteiger partial charge is 0.381 e. The fourth-order valence-corrected chi connectivity index (χ4v) is 3.36. The van der Waals surface area contributed by atoms with Crippen molar-refractivity contribution in [2.75, 3.05) is 19.8 Å². The Hall–Kier alpha value is -0.400. The number of aromatic nitrogens is 1. The van der Waals surface area contributed by atoms with Gasteiger partial charge in [-0.1, -0.05) is 0 Å². The first-order chi connectivity index (χ1) is 10.2. The van der Waals surface area contributed by atoms with E-state index in [0.29, 0.717) is 6.54 Å². The van der Waals surface area contributed by atoms with Crippen LogP contribution in [0, 0.1) is 12.8 Å². The Labute approximate surface area is 154 Å². The van der Waals surface area contributed by atoms with Crippen LogP contribution in [-0.2, 0) is 16.0 Å². The normalized spacial score (nSPS) is 16.1. The summed E-state index contributed by atoms with van der Waals surface area (Å²) in [5, 5.41) is 6.20. The predicted molar refractivity (Wildman–Crippen MR) is 98.8 cm³/mol. The van der Waals surface area contributed by atoms with Gasteiger partial charge in [0.25, 0.3) is 0 Å². The molecule has 0 saturated carbocycles. The molecule has 1 aliphatic rings. The Kier molecular flexibility index (Phi) is 11.8. The van der Waals surface area contributed by atoms with Crippen LogP contribution in [0.5, 0.6) is 0 Å². The Morgan fingerprint density at radius 1 is 1.43 bits per heavy atom. The summed E-state index contributed by atoms with van der Waals surface area (Å²) in [6, 6.07) is -0.393. The van der Waals surface area contributed by atoms with Crippen molar-refractivity contribution in [1.82, 2.24) is 10.3 Å². The molecule has 3 N–H and O–H groups in total. The average Bonchev–Trinajstić information content (AvgIpc) is 2.92. The van der Waals surface area contributed by atoms with E-state index in [-0.39, 0.29) is 36.6 Å². The molecular formula is C15H27Cl2N3O2S. The van der Waals surface area contributed by atoms with Crippen LogP contribution in [0.25, 0.3) is 0 Å². The molecule has 2 rings (SSSR count). The van der Waals surface area contributed by atoms with Gasteiger partial charge < -0.3 is 15.8 Å². The first kappa shape index (κ1) is 22.6. The molecule has 0 spiro atoms. The van der Waals surface area contributed by atoms with E-state index >= 15 is 0 Å². The van der Waals surface area contributed by atoms with Crippen LogP contribution in [0.4, 0.5) is 0 Å². The molecule has 8 heteroatoms. The second-order valence-electron chi connectivity index (χ2n) is 5.61. The number of nitrogens with one attached hydrogen (secondary N) is 1. The van der Waals surface area contributed by atoms with Gasteiger partial charge in [0.1, 0.15) is 0 Å². The summed E-state index contributed by atoms with van der Waals surface area (Å²) >= 11 is 1.71. The van der Waals surface area contributed by atoms with Gasteiger partial charge in [-0.15, -0.1) is 36.2 Å². The van der Waals surface area contributed by atoms with Gasteiger partial charge in [0.2, 0.25) is 5.91 Å². The number of nitrogens with zero attached hydrogens (tertiary/aromatic N) is 1. The molecule has 23 heavy (non-hydrogen) atoms. The number of halogens is 2. The van der Waals surface area contributed by atoms with E-state index < -0.39 is 6.04 Å². The minimum absolute atomic E-state index is 0. The lowest BCUT2D eigenvalue weighted by molar-refractivity contribution is -0.124. The monoisotopic (exact) mass is 383 g/mol. The molecule has 0 bridgehead atoms. The van der Waals surface area contributed by atoms with Crippen molar-refractivity contribution in [1.29, 1.82) is 0 Å². The fraction of sp³-hybridized carbons (Fsp3) is 0.733. The maximum atomic E-state index is 12.0. The SMILES string of the molecule is Cc1csc(CCCCNC(=O)C(N)C2CCOCC2)n1.Cl.Cl. The lowest BCUT2D eigenvalue weighted by Gasteiger charge is -2.26. The van der Waals surface area contributed by atoms with E-state index in [2.05, 4.69) is 15.7 Å². The molecule has 0 aliphatic carbocycles. The first-order valence-electron chi connectivity index (χ1n) is 7.69. The number of hydrogen-bond donors (Lipinski definition) is 2. The number of rotatable bonds is 7. The number of unbranched alkanes of at least 4 members (excludes halogenated alkanes) is 1. The molecule has 1 saturated heterocycles. The number of thiazole rings is 1. The van der Waals surface area contributed by atoms with Gasteiger partial charge in [-0.2, -0.15) is 0 Å². The third-order valence-electron chi connectivity index (χ3n) is 3.86. The molecule has 1 amide bonds. The van der Waals surface area contributed by atoms with E-state index in [1.54, 1.807) is 11.3 Å². The summed E-state index contributed by atoms with van der Waals surface area (Å²) < 4.78 is 5.29. The molecule has 1 aromatic heterocycles. The highest BCUT2D eigenvalue weighted by molar-refractivity contribution is 7.09. The minimum Gasteiger partial charge on any atom is -0.381 e. The van der Waals surface area contributed by atoms with Crippen LogP contribution in [0.2, 0.25) is 0 Å². The van der Waals surface area contributed by atoms with Crippen LogP contribution >= 0.6 is 36.2 Å². The number of nitrogens with two attached hydrogens (primary N) is 1. The van der Waals surface area contributed by atoms with Crippen LogP contribution in [-0.4, -0.2) is 36.7 Å². The van der Waals surface area contributed by atoms with Crippen molar-refractivity contribution in [2.24, 2.45) is 11.7 Å². The highest BCUT2D eigenvalue weighted by Gasteiger charge is 2.26. The van der Waals surface area contributed by atoms with Crippen LogP contribution in [0.15, 0.2) is 5.38 Å². The molecule has 1 unspecified atom stereocenters. The highest BCUT2D eigenvalue weighted by atomic mass is 35.5.